The van der Waals surface area contributed by atoms with E-state index in [2.05, 4.69) is 9.71 Å². The van der Waals surface area contributed by atoms with Crippen LogP contribution >= 0.6 is 11.6 Å². The smallest absolute Gasteiger partial charge is 0.242 e. The molecule has 1 aliphatic heterocycles. The Morgan fingerprint density at radius 3 is 2.81 bits per heavy atom. The third-order valence-electron chi connectivity index (χ3n) is 3.27. The van der Waals surface area contributed by atoms with E-state index in [0.717, 1.165) is 5.56 Å². The zero-order valence-corrected chi connectivity index (χ0v) is 12.6. The van der Waals surface area contributed by atoms with Gasteiger partial charge in [0.2, 0.25) is 10.0 Å². The molecule has 0 bridgehead atoms. The Bertz CT molecular complexity index is 747. The summed E-state index contributed by atoms with van der Waals surface area (Å²) in [6.45, 7) is 0.475. The number of para-hydroxylation sites is 1. The fraction of sp³-hybridized carbons (Fsp3) is 0.214. The van der Waals surface area contributed by atoms with Crippen LogP contribution in [0.25, 0.3) is 0 Å². The average Bonchev–Trinajstić information content (AvgIpc) is 2.48. The molecule has 0 saturated carbocycles. The molecule has 1 unspecified atom stereocenters. The summed E-state index contributed by atoms with van der Waals surface area (Å²) >= 11 is 5.68. The van der Waals surface area contributed by atoms with Crippen molar-refractivity contribution in [2.45, 2.75) is 17.4 Å². The van der Waals surface area contributed by atoms with E-state index in [1.165, 1.54) is 18.3 Å². The van der Waals surface area contributed by atoms with Crippen molar-refractivity contribution in [2.75, 3.05) is 6.61 Å². The molecule has 1 atom stereocenters. The van der Waals surface area contributed by atoms with Gasteiger partial charge in [0.05, 0.1) is 12.6 Å². The van der Waals surface area contributed by atoms with Crippen molar-refractivity contribution in [1.82, 2.24) is 9.71 Å². The highest BCUT2D eigenvalue weighted by molar-refractivity contribution is 7.89. The van der Waals surface area contributed by atoms with Crippen LogP contribution in [0.4, 0.5) is 0 Å². The van der Waals surface area contributed by atoms with Gasteiger partial charge in [-0.3, -0.25) is 0 Å². The highest BCUT2D eigenvalue weighted by Gasteiger charge is 2.26. The Kier molecular flexibility index (Phi) is 3.84. The van der Waals surface area contributed by atoms with Crippen molar-refractivity contribution in [3.05, 3.63) is 53.3 Å². The fourth-order valence-electron chi connectivity index (χ4n) is 2.24. The summed E-state index contributed by atoms with van der Waals surface area (Å²) in [5, 5.41) is 0.255. The van der Waals surface area contributed by atoms with Crippen LogP contribution in [0.1, 0.15) is 18.0 Å². The molecule has 5 nitrogen and oxygen atoms in total. The average molecular weight is 325 g/mol. The van der Waals surface area contributed by atoms with Gasteiger partial charge in [-0.2, -0.15) is 0 Å². The van der Waals surface area contributed by atoms with Gasteiger partial charge in [0.15, 0.2) is 0 Å². The van der Waals surface area contributed by atoms with E-state index in [-0.39, 0.29) is 16.1 Å². The van der Waals surface area contributed by atoms with Gasteiger partial charge >= 0.3 is 0 Å². The molecule has 0 amide bonds. The van der Waals surface area contributed by atoms with Gasteiger partial charge < -0.3 is 4.74 Å². The molecule has 2 aromatic rings. The number of hydrogen-bond acceptors (Lipinski definition) is 4. The number of rotatable bonds is 3. The summed E-state index contributed by atoms with van der Waals surface area (Å²) in [7, 11) is -3.65. The highest BCUT2D eigenvalue weighted by Crippen LogP contribution is 2.32. The van der Waals surface area contributed by atoms with Crippen LogP contribution in [0.5, 0.6) is 5.75 Å². The number of sulfonamides is 1. The molecule has 1 aromatic heterocycles. The molecule has 3 rings (SSSR count). The first-order valence-electron chi connectivity index (χ1n) is 6.42. The van der Waals surface area contributed by atoms with Gasteiger partial charge in [-0.25, -0.2) is 18.1 Å². The second-order valence-electron chi connectivity index (χ2n) is 4.67. The van der Waals surface area contributed by atoms with E-state index in [0.29, 0.717) is 18.8 Å². The fourth-order valence-corrected chi connectivity index (χ4v) is 3.55. The number of ether oxygens (including phenoxy) is 1. The first-order chi connectivity index (χ1) is 10.1. The minimum Gasteiger partial charge on any atom is -0.493 e. The zero-order chi connectivity index (χ0) is 14.9. The maximum Gasteiger partial charge on any atom is 0.242 e. The van der Waals surface area contributed by atoms with Crippen LogP contribution in [0.3, 0.4) is 0 Å². The second-order valence-corrected chi connectivity index (χ2v) is 6.77. The van der Waals surface area contributed by atoms with E-state index in [9.17, 15) is 8.42 Å². The highest BCUT2D eigenvalue weighted by atomic mass is 35.5. The number of fused-ring (bicyclic) bond motifs is 1. The molecule has 0 saturated heterocycles. The summed E-state index contributed by atoms with van der Waals surface area (Å²) < 4.78 is 33.0. The van der Waals surface area contributed by atoms with Gasteiger partial charge in [-0.15, -0.1) is 0 Å². The lowest BCUT2D eigenvalue weighted by Gasteiger charge is -2.26. The van der Waals surface area contributed by atoms with Crippen molar-refractivity contribution >= 4 is 21.6 Å². The molecule has 1 N–H and O–H groups in total. The van der Waals surface area contributed by atoms with Gasteiger partial charge in [-0.1, -0.05) is 29.8 Å². The lowest BCUT2D eigenvalue weighted by atomic mass is 10.0. The van der Waals surface area contributed by atoms with Crippen LogP contribution < -0.4 is 9.46 Å². The normalized spacial score (nSPS) is 17.9. The summed E-state index contributed by atoms with van der Waals surface area (Å²) in [5.74, 6) is 0.714. The number of benzene rings is 1. The molecule has 0 aliphatic carbocycles. The van der Waals surface area contributed by atoms with Crippen molar-refractivity contribution in [3.63, 3.8) is 0 Å². The maximum atomic E-state index is 12.4. The molecule has 7 heteroatoms. The molecule has 21 heavy (non-hydrogen) atoms. The molecule has 110 valence electrons. The third kappa shape index (κ3) is 3.02. The second kappa shape index (κ2) is 5.63. The van der Waals surface area contributed by atoms with Crippen LogP contribution in [-0.2, 0) is 10.0 Å². The number of pyridine rings is 1. The number of nitrogens with one attached hydrogen (secondary N) is 1. The van der Waals surface area contributed by atoms with Crippen LogP contribution in [0.15, 0.2) is 47.5 Å². The molecule has 0 spiro atoms. The van der Waals surface area contributed by atoms with Gasteiger partial charge in [0, 0.05) is 18.2 Å². The zero-order valence-electron chi connectivity index (χ0n) is 11.0. The standard InChI is InChI=1S/C14H13ClN2O3S/c15-14-6-5-10(9-16-14)21(18,19)17-12-7-8-20-13-4-2-1-3-11(12)13/h1-6,9,12,17H,7-8H2. The Hall–Kier alpha value is -1.63. The van der Waals surface area contributed by atoms with Crippen molar-refractivity contribution in [3.8, 4) is 5.75 Å². The Morgan fingerprint density at radius 2 is 2.05 bits per heavy atom. The monoisotopic (exact) mass is 324 g/mol. The number of aromatic nitrogens is 1. The minimum atomic E-state index is -3.65. The molecular weight excluding hydrogens is 312 g/mol. The summed E-state index contributed by atoms with van der Waals surface area (Å²) in [6.07, 6.45) is 1.83. The molecular formula is C14H13ClN2O3S. The van der Waals surface area contributed by atoms with Gasteiger partial charge in [0.25, 0.3) is 0 Å². The van der Waals surface area contributed by atoms with E-state index >= 15 is 0 Å². The summed E-state index contributed by atoms with van der Waals surface area (Å²) in [4.78, 5) is 3.90. The lowest BCUT2D eigenvalue weighted by Crippen LogP contribution is -2.32. The number of nitrogens with zero attached hydrogens (tertiary/aromatic N) is 1. The Balaban J connectivity index is 1.88. The third-order valence-corrected chi connectivity index (χ3v) is 4.95. The molecule has 2 heterocycles. The number of hydrogen-bond donors (Lipinski definition) is 1. The van der Waals surface area contributed by atoms with Crippen LogP contribution in [0.2, 0.25) is 5.15 Å². The largest absolute Gasteiger partial charge is 0.493 e. The van der Waals surface area contributed by atoms with Gasteiger partial charge in [0.1, 0.15) is 15.8 Å². The Morgan fingerprint density at radius 1 is 1.24 bits per heavy atom. The minimum absolute atomic E-state index is 0.0934. The summed E-state index contributed by atoms with van der Waals surface area (Å²) in [6, 6.07) is 9.99. The van der Waals surface area contributed by atoms with Crippen molar-refractivity contribution < 1.29 is 13.2 Å². The van der Waals surface area contributed by atoms with Crippen molar-refractivity contribution in [2.24, 2.45) is 0 Å². The van der Waals surface area contributed by atoms with Crippen molar-refractivity contribution in [1.29, 1.82) is 0 Å². The molecule has 0 radical (unpaired) electrons. The maximum absolute atomic E-state index is 12.4. The quantitative estimate of drug-likeness (QED) is 0.881. The van der Waals surface area contributed by atoms with E-state index in [4.69, 9.17) is 16.3 Å². The summed E-state index contributed by atoms with van der Waals surface area (Å²) in [5.41, 5.74) is 0.842. The van der Waals surface area contributed by atoms with E-state index in [1.54, 1.807) is 0 Å². The molecule has 0 fully saturated rings. The first-order valence-corrected chi connectivity index (χ1v) is 8.28. The topological polar surface area (TPSA) is 68.3 Å². The predicted molar refractivity (Wildman–Crippen MR) is 78.9 cm³/mol. The number of halogens is 1. The van der Waals surface area contributed by atoms with Crippen LogP contribution in [-0.4, -0.2) is 20.0 Å². The van der Waals surface area contributed by atoms with E-state index in [1.807, 2.05) is 24.3 Å². The lowest BCUT2D eigenvalue weighted by molar-refractivity contribution is 0.263. The SMILES string of the molecule is O=S(=O)(NC1CCOc2ccccc21)c1ccc(Cl)nc1. The van der Waals surface area contributed by atoms with Crippen LogP contribution in [0, 0.1) is 0 Å². The Labute approximate surface area is 128 Å². The van der Waals surface area contributed by atoms with Gasteiger partial charge in [-0.05, 0) is 18.2 Å². The predicted octanol–water partition coefficient (Wildman–Crippen LogP) is 2.54. The molecule has 1 aromatic carbocycles. The molecule has 1 aliphatic rings. The first kappa shape index (κ1) is 14.3. The van der Waals surface area contributed by atoms with E-state index < -0.39 is 10.0 Å².